The summed E-state index contributed by atoms with van der Waals surface area (Å²) in [6.07, 6.45) is 1.54. The van der Waals surface area contributed by atoms with Crippen molar-refractivity contribution >= 4 is 40.9 Å². The largest absolute Gasteiger partial charge is 0.489 e. The average Bonchev–Trinajstić information content (AvgIpc) is 2.76. The molecule has 0 fully saturated rings. The van der Waals surface area contributed by atoms with E-state index in [9.17, 15) is 10.1 Å². The van der Waals surface area contributed by atoms with Crippen LogP contribution in [0.15, 0.2) is 66.2 Å². The predicted molar refractivity (Wildman–Crippen MR) is 125 cm³/mol. The fourth-order valence-electron chi connectivity index (χ4n) is 2.79. The van der Waals surface area contributed by atoms with Crippen LogP contribution in [0.1, 0.15) is 22.3 Å². The molecule has 0 unspecified atom stereocenters. The molecule has 0 aliphatic rings. The summed E-state index contributed by atoms with van der Waals surface area (Å²) in [5.74, 6) is 0.201. The number of hydrogen-bond acceptors (Lipinski definition) is 3. The molecule has 31 heavy (non-hydrogen) atoms. The van der Waals surface area contributed by atoms with E-state index < -0.39 is 5.91 Å². The predicted octanol–water partition coefficient (Wildman–Crippen LogP) is 6.73. The van der Waals surface area contributed by atoms with Gasteiger partial charge in [-0.25, -0.2) is 0 Å². The monoisotopic (exact) mass is 450 g/mol. The third-order valence-corrected chi connectivity index (χ3v) is 5.45. The highest BCUT2D eigenvalue weighted by atomic mass is 35.5. The Labute approximate surface area is 191 Å². The van der Waals surface area contributed by atoms with E-state index in [1.807, 2.05) is 44.2 Å². The van der Waals surface area contributed by atoms with E-state index in [2.05, 4.69) is 5.32 Å². The second kappa shape index (κ2) is 10.2. The minimum Gasteiger partial charge on any atom is -0.489 e. The standard InChI is InChI=1S/C25H20Cl2N2O2/c1-16-3-7-21(11-17(16)2)29-25(30)20(14-28)12-18-4-8-22(9-5-18)31-15-19-6-10-23(26)24(27)13-19/h3-13H,15H2,1-2H3,(H,29,30)/b20-12+. The van der Waals surface area contributed by atoms with Crippen molar-refractivity contribution in [1.29, 1.82) is 5.26 Å². The Morgan fingerprint density at radius 1 is 1.00 bits per heavy atom. The van der Waals surface area contributed by atoms with Gasteiger partial charge in [-0.15, -0.1) is 0 Å². The molecule has 0 aliphatic carbocycles. The van der Waals surface area contributed by atoms with Gasteiger partial charge in [-0.1, -0.05) is 47.5 Å². The molecule has 0 spiro atoms. The van der Waals surface area contributed by atoms with Crippen LogP contribution in [0.4, 0.5) is 5.69 Å². The summed E-state index contributed by atoms with van der Waals surface area (Å²) < 4.78 is 5.75. The molecule has 0 saturated carbocycles. The summed E-state index contributed by atoms with van der Waals surface area (Å²) in [5, 5.41) is 13.2. The summed E-state index contributed by atoms with van der Waals surface area (Å²) in [4.78, 5) is 12.5. The number of carbonyl (C=O) groups is 1. The molecule has 3 rings (SSSR count). The molecule has 4 nitrogen and oxygen atoms in total. The number of aryl methyl sites for hydroxylation is 2. The molecule has 0 heterocycles. The Balaban J connectivity index is 1.65. The maximum absolute atomic E-state index is 12.5. The molecule has 0 bridgehead atoms. The van der Waals surface area contributed by atoms with Crippen molar-refractivity contribution in [1.82, 2.24) is 0 Å². The van der Waals surface area contributed by atoms with Crippen molar-refractivity contribution in [2.24, 2.45) is 0 Å². The van der Waals surface area contributed by atoms with Crippen molar-refractivity contribution in [3.05, 3.63) is 98.5 Å². The second-order valence-corrected chi connectivity index (χ2v) is 7.84. The minimum atomic E-state index is -0.453. The first kappa shape index (κ1) is 22.4. The van der Waals surface area contributed by atoms with Gasteiger partial charge in [0.2, 0.25) is 0 Å². The van der Waals surface area contributed by atoms with Gasteiger partial charge in [0, 0.05) is 5.69 Å². The molecule has 3 aromatic carbocycles. The Hall–Kier alpha value is -3.26. The fraction of sp³-hybridized carbons (Fsp3) is 0.120. The lowest BCUT2D eigenvalue weighted by Gasteiger charge is -2.08. The maximum atomic E-state index is 12.5. The van der Waals surface area contributed by atoms with Crippen LogP contribution in [0.5, 0.6) is 5.75 Å². The van der Waals surface area contributed by atoms with E-state index in [1.165, 1.54) is 0 Å². The zero-order valence-electron chi connectivity index (χ0n) is 17.1. The molecule has 156 valence electrons. The normalized spacial score (nSPS) is 11.0. The number of halogens is 2. The number of nitrogens with one attached hydrogen (secondary N) is 1. The molecule has 0 radical (unpaired) electrons. The van der Waals surface area contributed by atoms with Gasteiger partial charge in [-0.2, -0.15) is 5.26 Å². The molecule has 1 amide bonds. The molecule has 1 N–H and O–H groups in total. The zero-order valence-corrected chi connectivity index (χ0v) is 18.6. The second-order valence-electron chi connectivity index (χ2n) is 7.03. The van der Waals surface area contributed by atoms with Gasteiger partial charge in [0.25, 0.3) is 5.91 Å². The Kier molecular flexibility index (Phi) is 7.36. The Morgan fingerprint density at radius 2 is 1.74 bits per heavy atom. The number of amides is 1. The topological polar surface area (TPSA) is 62.1 Å². The van der Waals surface area contributed by atoms with Gasteiger partial charge in [0.15, 0.2) is 0 Å². The molecule has 0 aliphatic heterocycles. The van der Waals surface area contributed by atoms with Crippen LogP contribution in [0, 0.1) is 25.2 Å². The summed E-state index contributed by atoms with van der Waals surface area (Å²) in [5.41, 5.74) is 4.48. The van der Waals surface area contributed by atoms with Crippen LogP contribution < -0.4 is 10.1 Å². The highest BCUT2D eigenvalue weighted by Gasteiger charge is 2.10. The number of rotatable bonds is 6. The molecule has 6 heteroatoms. The van der Waals surface area contributed by atoms with Crippen LogP contribution in [-0.2, 0) is 11.4 Å². The average molecular weight is 451 g/mol. The van der Waals surface area contributed by atoms with Gasteiger partial charge >= 0.3 is 0 Å². The van der Waals surface area contributed by atoms with Crippen molar-refractivity contribution in [2.75, 3.05) is 5.32 Å². The third-order valence-electron chi connectivity index (χ3n) is 4.71. The number of nitriles is 1. The van der Waals surface area contributed by atoms with E-state index in [4.69, 9.17) is 27.9 Å². The first-order valence-electron chi connectivity index (χ1n) is 9.53. The molecule has 0 atom stereocenters. The zero-order chi connectivity index (χ0) is 22.4. The highest BCUT2D eigenvalue weighted by molar-refractivity contribution is 6.42. The van der Waals surface area contributed by atoms with E-state index in [1.54, 1.807) is 42.5 Å². The molecular weight excluding hydrogens is 431 g/mol. The first-order chi connectivity index (χ1) is 14.9. The van der Waals surface area contributed by atoms with E-state index in [0.29, 0.717) is 33.7 Å². The number of ether oxygens (including phenoxy) is 1. The lowest BCUT2D eigenvalue weighted by molar-refractivity contribution is -0.112. The lowest BCUT2D eigenvalue weighted by Crippen LogP contribution is -2.13. The Morgan fingerprint density at radius 3 is 2.39 bits per heavy atom. The lowest BCUT2D eigenvalue weighted by atomic mass is 10.1. The number of hydrogen-bond donors (Lipinski definition) is 1. The van der Waals surface area contributed by atoms with Crippen LogP contribution in [-0.4, -0.2) is 5.91 Å². The molecular formula is C25H20Cl2N2O2. The number of nitrogens with zero attached hydrogens (tertiary/aromatic N) is 1. The summed E-state index contributed by atoms with van der Waals surface area (Å²) in [6, 6.07) is 20.0. The maximum Gasteiger partial charge on any atom is 0.266 e. The summed E-state index contributed by atoms with van der Waals surface area (Å²) >= 11 is 11.9. The quantitative estimate of drug-likeness (QED) is 0.334. The minimum absolute atomic E-state index is 0.0164. The summed E-state index contributed by atoms with van der Waals surface area (Å²) in [6.45, 7) is 4.31. The van der Waals surface area contributed by atoms with Gasteiger partial charge < -0.3 is 10.1 Å². The van der Waals surface area contributed by atoms with Crippen LogP contribution in [0.2, 0.25) is 10.0 Å². The molecule has 0 saturated heterocycles. The Bertz CT molecular complexity index is 1180. The van der Waals surface area contributed by atoms with Gasteiger partial charge in [0.05, 0.1) is 10.0 Å². The van der Waals surface area contributed by atoms with Gasteiger partial charge in [-0.05, 0) is 78.6 Å². The first-order valence-corrected chi connectivity index (χ1v) is 10.3. The molecule has 3 aromatic rings. The van der Waals surface area contributed by atoms with Crippen LogP contribution >= 0.6 is 23.2 Å². The van der Waals surface area contributed by atoms with Crippen molar-refractivity contribution in [2.45, 2.75) is 20.5 Å². The van der Waals surface area contributed by atoms with Crippen molar-refractivity contribution in [3.63, 3.8) is 0 Å². The smallest absolute Gasteiger partial charge is 0.266 e. The van der Waals surface area contributed by atoms with Gasteiger partial charge in [0.1, 0.15) is 24.0 Å². The molecule has 0 aromatic heterocycles. The summed E-state index contributed by atoms with van der Waals surface area (Å²) in [7, 11) is 0. The number of carbonyl (C=O) groups excluding carboxylic acids is 1. The van der Waals surface area contributed by atoms with E-state index in [-0.39, 0.29) is 5.57 Å². The fourth-order valence-corrected chi connectivity index (χ4v) is 3.11. The van der Waals surface area contributed by atoms with Crippen molar-refractivity contribution in [3.8, 4) is 11.8 Å². The van der Waals surface area contributed by atoms with Crippen LogP contribution in [0.3, 0.4) is 0 Å². The van der Waals surface area contributed by atoms with E-state index >= 15 is 0 Å². The SMILES string of the molecule is Cc1ccc(NC(=O)/C(C#N)=C/c2ccc(OCc3ccc(Cl)c(Cl)c3)cc2)cc1C. The third kappa shape index (κ3) is 6.11. The highest BCUT2D eigenvalue weighted by Crippen LogP contribution is 2.24. The van der Waals surface area contributed by atoms with Crippen LogP contribution in [0.25, 0.3) is 6.08 Å². The van der Waals surface area contributed by atoms with E-state index in [0.717, 1.165) is 16.7 Å². The van der Waals surface area contributed by atoms with Gasteiger partial charge in [-0.3, -0.25) is 4.79 Å². The van der Waals surface area contributed by atoms with Crippen molar-refractivity contribution < 1.29 is 9.53 Å². The number of anilines is 1. The number of benzene rings is 3.